The van der Waals surface area contributed by atoms with Crippen LogP contribution in [0.2, 0.25) is 0 Å². The standard InChI is InChI=1S/C24H35N2O7P/c1-26-17-10-11-19(26)23(20(16-17)33-34(2,31)18-8-4-3-5-9-18)24(30)32-15-7-6-14-25-21(27)12-13-22(28)29/h3-5,8-9,17,19-20,23H,6-7,10-16H2,1-2H3,(H,25,27)(H,28,29)/t17?,19?,20-,23+,34+/m0/s1. The fraction of sp³-hybridized carbons (Fsp3) is 0.625. The van der Waals surface area contributed by atoms with Gasteiger partial charge < -0.3 is 19.7 Å². The molecule has 2 fully saturated rings. The fourth-order valence-electron chi connectivity index (χ4n) is 4.89. The van der Waals surface area contributed by atoms with Gasteiger partial charge in [0.15, 0.2) is 0 Å². The molecule has 5 atom stereocenters. The maximum atomic E-state index is 13.4. The van der Waals surface area contributed by atoms with Crippen molar-refractivity contribution < 1.29 is 33.3 Å². The zero-order valence-corrected chi connectivity index (χ0v) is 20.7. The molecule has 2 unspecified atom stereocenters. The van der Waals surface area contributed by atoms with Crippen LogP contribution >= 0.6 is 7.37 Å². The number of amides is 1. The van der Waals surface area contributed by atoms with Crippen molar-refractivity contribution in [3.05, 3.63) is 30.3 Å². The van der Waals surface area contributed by atoms with Gasteiger partial charge in [0.2, 0.25) is 13.3 Å². The van der Waals surface area contributed by atoms with Crippen LogP contribution in [0, 0.1) is 5.92 Å². The monoisotopic (exact) mass is 494 g/mol. The summed E-state index contributed by atoms with van der Waals surface area (Å²) in [4.78, 5) is 37.4. The molecule has 34 heavy (non-hydrogen) atoms. The fourth-order valence-corrected chi connectivity index (χ4v) is 6.46. The van der Waals surface area contributed by atoms with E-state index in [1.54, 1.807) is 18.8 Å². The molecule has 3 rings (SSSR count). The Labute approximate surface area is 200 Å². The van der Waals surface area contributed by atoms with Gasteiger partial charge in [0, 0.05) is 37.0 Å². The molecule has 2 bridgehead atoms. The average Bonchev–Trinajstić information content (AvgIpc) is 3.03. The molecule has 9 nitrogen and oxygen atoms in total. The van der Waals surface area contributed by atoms with Gasteiger partial charge in [-0.05, 0) is 51.3 Å². The van der Waals surface area contributed by atoms with E-state index in [0.717, 1.165) is 12.8 Å². The zero-order chi connectivity index (χ0) is 24.7. The number of nitrogens with zero attached hydrogens (tertiary/aromatic N) is 1. The lowest BCUT2D eigenvalue weighted by molar-refractivity contribution is -0.157. The molecule has 0 saturated carbocycles. The van der Waals surface area contributed by atoms with E-state index in [0.29, 0.717) is 37.2 Å². The van der Waals surface area contributed by atoms with Crippen molar-refractivity contribution in [2.24, 2.45) is 5.92 Å². The number of fused-ring (bicyclic) bond motifs is 2. The number of hydrogen-bond acceptors (Lipinski definition) is 7. The molecule has 0 radical (unpaired) electrons. The lowest BCUT2D eigenvalue weighted by Gasteiger charge is -2.42. The van der Waals surface area contributed by atoms with Gasteiger partial charge in [0.1, 0.15) is 0 Å². The lowest BCUT2D eigenvalue weighted by atomic mass is 9.88. The van der Waals surface area contributed by atoms with Crippen LogP contribution in [0.1, 0.15) is 44.9 Å². The molecule has 2 N–H and O–H groups in total. The Balaban J connectivity index is 1.51. The van der Waals surface area contributed by atoms with Crippen molar-refractivity contribution >= 4 is 30.5 Å². The summed E-state index contributed by atoms with van der Waals surface area (Å²) in [6.45, 7) is 2.22. The highest BCUT2D eigenvalue weighted by Gasteiger charge is 2.51. The third-order valence-electron chi connectivity index (χ3n) is 6.75. The number of unbranched alkanes of at least 4 members (excludes halogenated alkanes) is 1. The van der Waals surface area contributed by atoms with E-state index in [4.69, 9.17) is 14.4 Å². The van der Waals surface area contributed by atoms with E-state index >= 15 is 0 Å². The minimum absolute atomic E-state index is 0.000506. The third-order valence-corrected chi connectivity index (χ3v) is 8.66. The van der Waals surface area contributed by atoms with Gasteiger partial charge in [-0.1, -0.05) is 18.2 Å². The molecular weight excluding hydrogens is 459 g/mol. The molecule has 0 aliphatic carbocycles. The number of benzene rings is 1. The smallest absolute Gasteiger partial charge is 0.313 e. The van der Waals surface area contributed by atoms with Crippen LogP contribution in [0.4, 0.5) is 0 Å². The number of esters is 1. The summed E-state index contributed by atoms with van der Waals surface area (Å²) in [5.41, 5.74) is 0. The first kappa shape index (κ1) is 26.4. The number of carbonyl (C=O) groups excluding carboxylic acids is 2. The Morgan fingerprint density at radius 1 is 1.15 bits per heavy atom. The summed E-state index contributed by atoms with van der Waals surface area (Å²) < 4.78 is 25.2. The van der Waals surface area contributed by atoms with E-state index in [9.17, 15) is 18.9 Å². The molecule has 1 aromatic rings. The maximum Gasteiger partial charge on any atom is 0.313 e. The Bertz CT molecular complexity index is 910. The molecule has 188 valence electrons. The first-order chi connectivity index (χ1) is 16.2. The van der Waals surface area contributed by atoms with Crippen molar-refractivity contribution in [1.82, 2.24) is 10.2 Å². The molecule has 1 amide bonds. The van der Waals surface area contributed by atoms with Gasteiger partial charge >= 0.3 is 11.9 Å². The number of carbonyl (C=O) groups is 3. The van der Waals surface area contributed by atoms with Gasteiger partial charge in [-0.2, -0.15) is 0 Å². The molecule has 2 saturated heterocycles. The molecule has 0 aromatic heterocycles. The van der Waals surface area contributed by atoms with Crippen LogP contribution in [0.15, 0.2) is 30.3 Å². The highest BCUT2D eigenvalue weighted by Crippen LogP contribution is 2.49. The lowest BCUT2D eigenvalue weighted by Crippen LogP contribution is -2.53. The third kappa shape index (κ3) is 6.90. The number of piperidine rings is 1. The van der Waals surface area contributed by atoms with Crippen molar-refractivity contribution in [3.8, 4) is 0 Å². The molecule has 10 heteroatoms. The van der Waals surface area contributed by atoms with Crippen LogP contribution in [0.25, 0.3) is 0 Å². The highest BCUT2D eigenvalue weighted by atomic mass is 31.2. The second-order valence-electron chi connectivity index (χ2n) is 9.17. The SMILES string of the molecule is CN1C2CCC1[C@@H](C(=O)OCCCCNC(=O)CCC(=O)O)[C@@H](O[P@@](C)(=O)c1ccccc1)C2. The van der Waals surface area contributed by atoms with Gasteiger partial charge in [-0.15, -0.1) is 0 Å². The summed E-state index contributed by atoms with van der Waals surface area (Å²) in [7, 11) is -1.08. The van der Waals surface area contributed by atoms with Crippen molar-refractivity contribution in [1.29, 1.82) is 0 Å². The first-order valence-electron chi connectivity index (χ1n) is 11.9. The summed E-state index contributed by atoms with van der Waals surface area (Å²) in [6, 6.07) is 9.40. The summed E-state index contributed by atoms with van der Waals surface area (Å²) in [6.07, 6.45) is 2.97. The number of nitrogens with one attached hydrogen (secondary N) is 1. The number of hydrogen-bond donors (Lipinski definition) is 2. The molecule has 2 aliphatic heterocycles. The van der Waals surface area contributed by atoms with Crippen LogP contribution < -0.4 is 10.6 Å². The quantitative estimate of drug-likeness (QED) is 0.258. The van der Waals surface area contributed by atoms with E-state index in [-0.39, 0.29) is 37.4 Å². The Morgan fingerprint density at radius 2 is 1.88 bits per heavy atom. The van der Waals surface area contributed by atoms with Gasteiger partial charge in [-0.3, -0.25) is 23.8 Å². The van der Waals surface area contributed by atoms with Crippen LogP contribution in [-0.4, -0.2) is 72.9 Å². The van der Waals surface area contributed by atoms with Crippen LogP contribution in [0.5, 0.6) is 0 Å². The number of aliphatic carboxylic acids is 1. The van der Waals surface area contributed by atoms with Gasteiger partial charge in [0.25, 0.3) is 0 Å². The van der Waals surface area contributed by atoms with E-state index in [1.807, 2.05) is 25.2 Å². The van der Waals surface area contributed by atoms with Crippen molar-refractivity contribution in [2.75, 3.05) is 26.9 Å². The number of ether oxygens (including phenoxy) is 1. The Hall–Kier alpha value is -2.22. The Morgan fingerprint density at radius 3 is 2.59 bits per heavy atom. The predicted molar refractivity (Wildman–Crippen MR) is 127 cm³/mol. The number of carboxylic acid groups (broad SMARTS) is 1. The minimum atomic E-state index is -3.10. The minimum Gasteiger partial charge on any atom is -0.481 e. The number of rotatable bonds is 12. The molecule has 0 spiro atoms. The largest absolute Gasteiger partial charge is 0.481 e. The Kier molecular flexibility index (Phi) is 9.28. The van der Waals surface area contributed by atoms with Crippen LogP contribution in [0.3, 0.4) is 0 Å². The topological polar surface area (TPSA) is 122 Å². The first-order valence-corrected chi connectivity index (χ1v) is 13.9. The second-order valence-corrected chi connectivity index (χ2v) is 11.6. The van der Waals surface area contributed by atoms with Gasteiger partial charge in [-0.25, -0.2) is 0 Å². The molecule has 1 aromatic carbocycles. The molecule has 2 aliphatic rings. The summed E-state index contributed by atoms with van der Waals surface area (Å²) in [5, 5.41) is 11.9. The van der Waals surface area contributed by atoms with Crippen molar-refractivity contribution in [2.45, 2.75) is 63.1 Å². The molecular formula is C24H35N2O7P. The van der Waals surface area contributed by atoms with Gasteiger partial charge in [0.05, 0.1) is 25.0 Å². The van der Waals surface area contributed by atoms with Crippen LogP contribution in [-0.2, 0) is 28.2 Å². The van der Waals surface area contributed by atoms with E-state index in [2.05, 4.69) is 10.2 Å². The van der Waals surface area contributed by atoms with Crippen molar-refractivity contribution in [3.63, 3.8) is 0 Å². The molecule has 2 heterocycles. The highest BCUT2D eigenvalue weighted by molar-refractivity contribution is 7.66. The second kappa shape index (κ2) is 12.0. The average molecular weight is 495 g/mol. The van der Waals surface area contributed by atoms with E-state index in [1.165, 1.54) is 0 Å². The summed E-state index contributed by atoms with van der Waals surface area (Å²) >= 11 is 0. The normalized spacial score (nSPS) is 25.9. The number of carboxylic acids is 1. The maximum absolute atomic E-state index is 13.4. The summed E-state index contributed by atoms with van der Waals surface area (Å²) in [5.74, 6) is -2.14. The predicted octanol–water partition coefficient (Wildman–Crippen LogP) is 2.39. The zero-order valence-electron chi connectivity index (χ0n) is 19.9. The van der Waals surface area contributed by atoms with E-state index < -0.39 is 25.4 Å².